The lowest BCUT2D eigenvalue weighted by Gasteiger charge is -2.22. The number of anilines is 2. The van der Waals surface area contributed by atoms with Gasteiger partial charge >= 0.3 is 6.03 Å². The zero-order chi connectivity index (χ0) is 14.2. The third kappa shape index (κ3) is 4.76. The molecule has 1 aliphatic carbocycles. The van der Waals surface area contributed by atoms with Gasteiger partial charge in [0.05, 0.1) is 0 Å². The Kier molecular flexibility index (Phi) is 5.71. The summed E-state index contributed by atoms with van der Waals surface area (Å²) in [7, 11) is 0. The van der Waals surface area contributed by atoms with Crippen molar-refractivity contribution in [3.05, 3.63) is 24.3 Å². The fourth-order valence-electron chi connectivity index (χ4n) is 2.54. The molecule has 0 spiro atoms. The van der Waals surface area contributed by atoms with Crippen molar-refractivity contribution in [2.45, 2.75) is 51.5 Å². The van der Waals surface area contributed by atoms with Crippen LogP contribution in [0.5, 0.6) is 0 Å². The maximum Gasteiger partial charge on any atom is 0.319 e. The lowest BCUT2D eigenvalue weighted by Crippen LogP contribution is -2.38. The Hall–Kier alpha value is -1.71. The van der Waals surface area contributed by atoms with Gasteiger partial charge in [-0.25, -0.2) is 4.79 Å². The molecule has 110 valence electrons. The highest BCUT2D eigenvalue weighted by atomic mass is 16.2. The van der Waals surface area contributed by atoms with Crippen molar-refractivity contribution in [1.82, 2.24) is 5.32 Å². The van der Waals surface area contributed by atoms with E-state index >= 15 is 0 Å². The molecule has 2 rings (SSSR count). The summed E-state index contributed by atoms with van der Waals surface area (Å²) >= 11 is 0. The van der Waals surface area contributed by atoms with Crippen LogP contribution in [0, 0.1) is 0 Å². The summed E-state index contributed by atoms with van der Waals surface area (Å²) in [4.78, 5) is 11.9. The molecular weight excluding hydrogens is 250 g/mol. The molecule has 0 saturated heterocycles. The van der Waals surface area contributed by atoms with Gasteiger partial charge in [-0.1, -0.05) is 26.2 Å². The summed E-state index contributed by atoms with van der Waals surface area (Å²) in [6.45, 7) is 3.10. The minimum Gasteiger partial charge on any atom is -0.385 e. The second-order valence-corrected chi connectivity index (χ2v) is 5.44. The second kappa shape index (κ2) is 7.78. The molecule has 20 heavy (non-hydrogen) atoms. The monoisotopic (exact) mass is 275 g/mol. The summed E-state index contributed by atoms with van der Waals surface area (Å²) in [5.41, 5.74) is 1.92. The van der Waals surface area contributed by atoms with Crippen molar-refractivity contribution < 1.29 is 4.79 Å². The molecular formula is C16H25N3O. The van der Waals surface area contributed by atoms with E-state index in [1.807, 2.05) is 24.3 Å². The molecule has 1 aromatic carbocycles. The Labute approximate surface area is 121 Å². The Bertz CT molecular complexity index is 410. The molecule has 1 fully saturated rings. The number of carbonyl (C=O) groups excluding carboxylic acids is 1. The zero-order valence-corrected chi connectivity index (χ0v) is 12.2. The largest absolute Gasteiger partial charge is 0.385 e. The first-order valence-electron chi connectivity index (χ1n) is 7.69. The van der Waals surface area contributed by atoms with E-state index in [1.54, 1.807) is 0 Å². The third-order valence-electron chi connectivity index (χ3n) is 3.66. The number of rotatable bonds is 5. The van der Waals surface area contributed by atoms with Crippen molar-refractivity contribution in [1.29, 1.82) is 0 Å². The van der Waals surface area contributed by atoms with Crippen molar-refractivity contribution >= 4 is 17.4 Å². The lowest BCUT2D eigenvalue weighted by molar-refractivity contribution is 0.244. The van der Waals surface area contributed by atoms with Gasteiger partial charge in [0.15, 0.2) is 0 Å². The maximum atomic E-state index is 11.9. The van der Waals surface area contributed by atoms with Crippen LogP contribution in [-0.2, 0) is 0 Å². The number of carbonyl (C=O) groups is 1. The van der Waals surface area contributed by atoms with E-state index in [0.29, 0.717) is 6.04 Å². The maximum absolute atomic E-state index is 11.9. The normalized spacial score (nSPS) is 15.7. The highest BCUT2D eigenvalue weighted by Gasteiger charge is 2.15. The van der Waals surface area contributed by atoms with Crippen LogP contribution >= 0.6 is 0 Å². The first-order chi connectivity index (χ1) is 9.78. The molecule has 0 bridgehead atoms. The second-order valence-electron chi connectivity index (χ2n) is 5.44. The van der Waals surface area contributed by atoms with E-state index in [2.05, 4.69) is 22.9 Å². The van der Waals surface area contributed by atoms with Crippen LogP contribution in [0.1, 0.15) is 45.4 Å². The van der Waals surface area contributed by atoms with E-state index in [9.17, 15) is 4.79 Å². The Morgan fingerprint density at radius 3 is 2.40 bits per heavy atom. The van der Waals surface area contributed by atoms with Crippen LogP contribution in [0.4, 0.5) is 16.2 Å². The van der Waals surface area contributed by atoms with Crippen LogP contribution in [0.15, 0.2) is 24.3 Å². The van der Waals surface area contributed by atoms with Crippen LogP contribution in [0.25, 0.3) is 0 Å². The van der Waals surface area contributed by atoms with Crippen LogP contribution in [0.2, 0.25) is 0 Å². The van der Waals surface area contributed by atoms with Crippen LogP contribution < -0.4 is 16.0 Å². The molecule has 1 aromatic rings. The van der Waals surface area contributed by atoms with Crippen LogP contribution in [0.3, 0.4) is 0 Å². The highest BCUT2D eigenvalue weighted by Crippen LogP contribution is 2.18. The molecule has 4 nitrogen and oxygen atoms in total. The third-order valence-corrected chi connectivity index (χ3v) is 3.66. The number of nitrogens with one attached hydrogen (secondary N) is 3. The van der Waals surface area contributed by atoms with Gasteiger partial charge in [0.2, 0.25) is 0 Å². The van der Waals surface area contributed by atoms with Gasteiger partial charge in [0.1, 0.15) is 0 Å². The first kappa shape index (κ1) is 14.7. The van der Waals surface area contributed by atoms with E-state index < -0.39 is 0 Å². The molecule has 0 aromatic heterocycles. The minimum absolute atomic E-state index is 0.0915. The standard InChI is InChI=1S/C16H25N3O/c1-2-12-17-13-8-10-15(11-9-13)19-16(20)18-14-6-4-3-5-7-14/h8-11,14,17H,2-7,12H2,1H3,(H2,18,19,20). The van der Waals surface area contributed by atoms with Crippen molar-refractivity contribution in [2.24, 2.45) is 0 Å². The summed E-state index contributed by atoms with van der Waals surface area (Å²) < 4.78 is 0. The molecule has 3 N–H and O–H groups in total. The lowest BCUT2D eigenvalue weighted by atomic mass is 9.96. The Morgan fingerprint density at radius 1 is 1.10 bits per heavy atom. The van der Waals surface area contributed by atoms with Crippen molar-refractivity contribution in [3.63, 3.8) is 0 Å². The van der Waals surface area contributed by atoms with E-state index in [0.717, 1.165) is 37.2 Å². The summed E-state index contributed by atoms with van der Waals surface area (Å²) in [5, 5.41) is 9.26. The van der Waals surface area contributed by atoms with Crippen molar-refractivity contribution in [2.75, 3.05) is 17.2 Å². The fraction of sp³-hybridized carbons (Fsp3) is 0.562. The van der Waals surface area contributed by atoms with Gasteiger partial charge in [-0.2, -0.15) is 0 Å². The zero-order valence-electron chi connectivity index (χ0n) is 12.2. The fourth-order valence-corrected chi connectivity index (χ4v) is 2.54. The van der Waals surface area contributed by atoms with Gasteiger partial charge in [-0.05, 0) is 43.5 Å². The number of benzene rings is 1. The van der Waals surface area contributed by atoms with Gasteiger partial charge in [-0.15, -0.1) is 0 Å². The van der Waals surface area contributed by atoms with Gasteiger partial charge < -0.3 is 16.0 Å². The summed E-state index contributed by atoms with van der Waals surface area (Å²) in [6.07, 6.45) is 7.06. The van der Waals surface area contributed by atoms with Gasteiger partial charge in [-0.3, -0.25) is 0 Å². The first-order valence-corrected chi connectivity index (χ1v) is 7.69. The van der Waals surface area contributed by atoms with Gasteiger partial charge in [0.25, 0.3) is 0 Å². The predicted octanol–water partition coefficient (Wildman–Crippen LogP) is 3.96. The molecule has 4 heteroatoms. The molecule has 0 unspecified atom stereocenters. The van der Waals surface area contributed by atoms with E-state index in [1.165, 1.54) is 19.3 Å². The molecule has 1 saturated carbocycles. The number of urea groups is 1. The molecule has 2 amide bonds. The SMILES string of the molecule is CCCNc1ccc(NC(=O)NC2CCCCC2)cc1. The van der Waals surface area contributed by atoms with E-state index in [4.69, 9.17) is 0 Å². The topological polar surface area (TPSA) is 53.2 Å². The van der Waals surface area contributed by atoms with Crippen LogP contribution in [-0.4, -0.2) is 18.6 Å². The highest BCUT2D eigenvalue weighted by molar-refractivity contribution is 5.89. The Morgan fingerprint density at radius 2 is 1.75 bits per heavy atom. The number of hydrogen-bond acceptors (Lipinski definition) is 2. The predicted molar refractivity (Wildman–Crippen MR) is 84.3 cm³/mol. The molecule has 1 aliphatic rings. The average molecular weight is 275 g/mol. The molecule has 0 heterocycles. The summed E-state index contributed by atoms with van der Waals surface area (Å²) in [5.74, 6) is 0. The number of hydrogen-bond donors (Lipinski definition) is 3. The Balaban J connectivity index is 1.78. The molecule has 0 aliphatic heterocycles. The quantitative estimate of drug-likeness (QED) is 0.761. The number of amides is 2. The minimum atomic E-state index is -0.0915. The smallest absolute Gasteiger partial charge is 0.319 e. The van der Waals surface area contributed by atoms with E-state index in [-0.39, 0.29) is 6.03 Å². The van der Waals surface area contributed by atoms with Gasteiger partial charge in [0, 0.05) is 24.0 Å². The summed E-state index contributed by atoms with van der Waals surface area (Å²) in [6, 6.07) is 8.09. The average Bonchev–Trinajstić information content (AvgIpc) is 2.47. The molecule has 0 atom stereocenters. The molecule has 0 radical (unpaired) electrons. The van der Waals surface area contributed by atoms with Crippen molar-refractivity contribution in [3.8, 4) is 0 Å².